The average Bonchev–Trinajstić information content (AvgIpc) is 2.54. The highest BCUT2D eigenvalue weighted by Gasteiger charge is 2.24. The first-order valence-electron chi connectivity index (χ1n) is 8.46. The smallest absolute Gasteiger partial charge is 0.261 e. The molecule has 0 aliphatic heterocycles. The third kappa shape index (κ3) is 3.75. The molecule has 1 aliphatic rings. The molecular weight excluding hydrogens is 310 g/mol. The van der Waals surface area contributed by atoms with E-state index in [9.17, 15) is 4.79 Å². The lowest BCUT2D eigenvalue weighted by Gasteiger charge is -2.29. The monoisotopic (exact) mass is 335 g/mol. The van der Waals surface area contributed by atoms with E-state index in [1.54, 1.807) is 0 Å². The molecule has 0 unspecified atom stereocenters. The van der Waals surface area contributed by atoms with E-state index in [-0.39, 0.29) is 24.0 Å². The molecule has 0 amide bonds. The Bertz CT molecular complexity index is 705. The number of rotatable bonds is 4. The maximum absolute atomic E-state index is 13.0. The van der Waals surface area contributed by atoms with Crippen LogP contribution >= 0.6 is 12.4 Å². The molecule has 1 aromatic heterocycles. The van der Waals surface area contributed by atoms with Crippen LogP contribution in [-0.2, 0) is 6.42 Å². The molecule has 1 aromatic carbocycles. The molecule has 2 aromatic rings. The van der Waals surface area contributed by atoms with Crippen LogP contribution in [0.2, 0.25) is 0 Å². The largest absolute Gasteiger partial charge is 0.328 e. The number of fused-ring (bicyclic) bond motifs is 1. The van der Waals surface area contributed by atoms with Gasteiger partial charge in [-0.3, -0.25) is 9.36 Å². The van der Waals surface area contributed by atoms with E-state index in [1.807, 2.05) is 28.8 Å². The van der Waals surface area contributed by atoms with Gasteiger partial charge >= 0.3 is 0 Å². The molecule has 0 radical (unpaired) electrons. The van der Waals surface area contributed by atoms with Gasteiger partial charge < -0.3 is 5.73 Å². The third-order valence-corrected chi connectivity index (χ3v) is 4.74. The Morgan fingerprint density at radius 2 is 1.91 bits per heavy atom. The van der Waals surface area contributed by atoms with E-state index >= 15 is 0 Å². The number of nitrogens with zero attached hydrogens (tertiary/aromatic N) is 2. The van der Waals surface area contributed by atoms with Gasteiger partial charge in [0.25, 0.3) is 5.56 Å². The topological polar surface area (TPSA) is 60.9 Å². The van der Waals surface area contributed by atoms with Crippen molar-refractivity contribution in [2.24, 2.45) is 5.73 Å². The van der Waals surface area contributed by atoms with Gasteiger partial charge in [0.15, 0.2) is 0 Å². The number of nitrogens with two attached hydrogens (primary N) is 1. The van der Waals surface area contributed by atoms with Gasteiger partial charge in [0.05, 0.1) is 10.9 Å². The predicted molar refractivity (Wildman–Crippen MR) is 97.3 cm³/mol. The Hall–Kier alpha value is -1.39. The Kier molecular flexibility index (Phi) is 6.19. The zero-order chi connectivity index (χ0) is 15.5. The van der Waals surface area contributed by atoms with Gasteiger partial charge in [-0.15, -0.1) is 12.4 Å². The van der Waals surface area contributed by atoms with Crippen molar-refractivity contribution in [1.82, 2.24) is 9.55 Å². The second-order valence-electron chi connectivity index (χ2n) is 6.39. The Labute approximate surface area is 143 Å². The lowest BCUT2D eigenvalue weighted by atomic mass is 9.91. The van der Waals surface area contributed by atoms with Crippen LogP contribution in [0.3, 0.4) is 0 Å². The van der Waals surface area contributed by atoms with Crippen LogP contribution in [0.5, 0.6) is 0 Å². The highest BCUT2D eigenvalue weighted by molar-refractivity contribution is 5.85. The number of aromatic nitrogens is 2. The molecule has 0 spiro atoms. The molecule has 1 fully saturated rings. The molecule has 2 N–H and O–H groups in total. The van der Waals surface area contributed by atoms with Crippen molar-refractivity contribution in [2.45, 2.75) is 64.0 Å². The van der Waals surface area contributed by atoms with Gasteiger partial charge in [-0.2, -0.15) is 0 Å². The normalized spacial score (nSPS) is 21.1. The van der Waals surface area contributed by atoms with Crippen LogP contribution in [0.25, 0.3) is 10.9 Å². The fraction of sp³-hybridized carbons (Fsp3) is 0.556. The average molecular weight is 336 g/mol. The van der Waals surface area contributed by atoms with E-state index in [0.717, 1.165) is 61.7 Å². The number of unbranched alkanes of at least 4 members (excludes halogenated alkanes) is 1. The minimum Gasteiger partial charge on any atom is -0.328 e. The Balaban J connectivity index is 0.00000192. The molecule has 23 heavy (non-hydrogen) atoms. The lowest BCUT2D eigenvalue weighted by Crippen LogP contribution is -2.34. The number of halogens is 1. The molecule has 126 valence electrons. The maximum atomic E-state index is 13.0. The van der Waals surface area contributed by atoms with Gasteiger partial charge in [0, 0.05) is 18.5 Å². The fourth-order valence-electron chi connectivity index (χ4n) is 3.44. The zero-order valence-electron chi connectivity index (χ0n) is 13.7. The summed E-state index contributed by atoms with van der Waals surface area (Å²) in [5.74, 6) is 0.950. The van der Waals surface area contributed by atoms with Crippen molar-refractivity contribution in [3.8, 4) is 0 Å². The molecule has 1 aliphatic carbocycles. The van der Waals surface area contributed by atoms with E-state index in [4.69, 9.17) is 10.7 Å². The molecule has 4 nitrogen and oxygen atoms in total. The summed E-state index contributed by atoms with van der Waals surface area (Å²) in [5.41, 5.74) is 6.96. The third-order valence-electron chi connectivity index (χ3n) is 4.74. The first-order valence-corrected chi connectivity index (χ1v) is 8.46. The molecule has 0 saturated heterocycles. The number of aryl methyl sites for hydroxylation is 1. The fourth-order valence-corrected chi connectivity index (χ4v) is 3.44. The summed E-state index contributed by atoms with van der Waals surface area (Å²) in [6, 6.07) is 8.24. The second kappa shape index (κ2) is 7.93. The summed E-state index contributed by atoms with van der Waals surface area (Å²) in [4.78, 5) is 17.8. The van der Waals surface area contributed by atoms with Crippen LogP contribution < -0.4 is 11.3 Å². The van der Waals surface area contributed by atoms with Crippen LogP contribution in [-0.4, -0.2) is 15.6 Å². The van der Waals surface area contributed by atoms with Gasteiger partial charge in [-0.05, 0) is 44.2 Å². The van der Waals surface area contributed by atoms with Gasteiger partial charge in [-0.1, -0.05) is 25.5 Å². The van der Waals surface area contributed by atoms with E-state index < -0.39 is 0 Å². The van der Waals surface area contributed by atoms with Crippen molar-refractivity contribution >= 4 is 23.3 Å². The first-order chi connectivity index (χ1) is 10.7. The number of para-hydroxylation sites is 1. The van der Waals surface area contributed by atoms with E-state index in [1.165, 1.54) is 0 Å². The summed E-state index contributed by atoms with van der Waals surface area (Å²) in [7, 11) is 0. The van der Waals surface area contributed by atoms with E-state index in [0.29, 0.717) is 6.04 Å². The molecule has 3 rings (SSSR count). The van der Waals surface area contributed by atoms with Crippen molar-refractivity contribution in [1.29, 1.82) is 0 Å². The highest BCUT2D eigenvalue weighted by atomic mass is 35.5. The molecule has 1 heterocycles. The van der Waals surface area contributed by atoms with E-state index in [2.05, 4.69) is 6.92 Å². The minimum atomic E-state index is 0. The molecule has 1 saturated carbocycles. The number of benzene rings is 1. The quantitative estimate of drug-likeness (QED) is 0.928. The summed E-state index contributed by atoms with van der Waals surface area (Å²) < 4.78 is 1.98. The molecule has 0 bridgehead atoms. The SMILES string of the molecule is CCCCc1nc2ccccc2c(=O)n1C1CCC(N)CC1.Cl. The summed E-state index contributed by atoms with van der Waals surface area (Å²) in [6.45, 7) is 2.17. The van der Waals surface area contributed by atoms with Gasteiger partial charge in [0.1, 0.15) is 5.82 Å². The predicted octanol–water partition coefficient (Wildman–Crippen LogP) is 3.60. The Morgan fingerprint density at radius 1 is 1.22 bits per heavy atom. The summed E-state index contributed by atoms with van der Waals surface area (Å²) >= 11 is 0. The van der Waals surface area contributed by atoms with Crippen LogP contribution in [0, 0.1) is 0 Å². The van der Waals surface area contributed by atoms with Crippen molar-refractivity contribution < 1.29 is 0 Å². The van der Waals surface area contributed by atoms with Crippen LogP contribution in [0.4, 0.5) is 0 Å². The molecular formula is C18H26ClN3O. The summed E-state index contributed by atoms with van der Waals surface area (Å²) in [6.07, 6.45) is 7.02. The standard InChI is InChI=1S/C18H25N3O.ClH/c1-2-3-8-17-20-16-7-5-4-6-15(16)18(22)21(17)14-11-9-13(19)10-12-14;/h4-7,13-14H,2-3,8-12,19H2,1H3;1H. The Morgan fingerprint density at radius 3 is 2.61 bits per heavy atom. The van der Waals surface area contributed by atoms with Gasteiger partial charge in [0.2, 0.25) is 0 Å². The summed E-state index contributed by atoms with van der Waals surface area (Å²) in [5, 5.41) is 0.734. The van der Waals surface area contributed by atoms with Crippen molar-refractivity contribution in [3.05, 3.63) is 40.4 Å². The number of hydrogen-bond donors (Lipinski definition) is 1. The molecule has 0 atom stereocenters. The highest BCUT2D eigenvalue weighted by Crippen LogP contribution is 2.28. The molecule has 5 heteroatoms. The maximum Gasteiger partial charge on any atom is 0.261 e. The van der Waals surface area contributed by atoms with Crippen molar-refractivity contribution in [3.63, 3.8) is 0 Å². The lowest BCUT2D eigenvalue weighted by molar-refractivity contribution is 0.310. The van der Waals surface area contributed by atoms with Crippen LogP contribution in [0.1, 0.15) is 57.3 Å². The zero-order valence-corrected chi connectivity index (χ0v) is 14.5. The second-order valence-corrected chi connectivity index (χ2v) is 6.39. The van der Waals surface area contributed by atoms with Crippen molar-refractivity contribution in [2.75, 3.05) is 0 Å². The van der Waals surface area contributed by atoms with Crippen LogP contribution in [0.15, 0.2) is 29.1 Å². The minimum absolute atomic E-state index is 0. The number of hydrogen-bond acceptors (Lipinski definition) is 3. The first kappa shape index (κ1) is 18.0. The van der Waals surface area contributed by atoms with Gasteiger partial charge in [-0.25, -0.2) is 4.98 Å².